The van der Waals surface area contributed by atoms with Gasteiger partial charge in [-0.05, 0) is 12.0 Å². The van der Waals surface area contributed by atoms with Crippen molar-refractivity contribution in [3.63, 3.8) is 0 Å². The highest BCUT2D eigenvalue weighted by molar-refractivity contribution is 5.55. The van der Waals surface area contributed by atoms with Gasteiger partial charge in [-0.15, -0.1) is 0 Å². The molecule has 1 rings (SSSR count). The van der Waals surface area contributed by atoms with Crippen molar-refractivity contribution in [1.29, 1.82) is 0 Å². The van der Waals surface area contributed by atoms with E-state index in [1.165, 1.54) is 0 Å². The van der Waals surface area contributed by atoms with Gasteiger partial charge >= 0.3 is 0 Å². The van der Waals surface area contributed by atoms with E-state index in [4.69, 9.17) is 4.84 Å². The Labute approximate surface area is 72.9 Å². The third-order valence-corrected chi connectivity index (χ3v) is 1.41. The van der Waals surface area contributed by atoms with Crippen molar-refractivity contribution in [2.45, 2.75) is 20.0 Å². The predicted octanol–water partition coefficient (Wildman–Crippen LogP) is 2.60. The average molecular weight is 163 g/mol. The first-order valence-corrected chi connectivity index (χ1v) is 4.11. The summed E-state index contributed by atoms with van der Waals surface area (Å²) in [5, 5.41) is 3.76. The highest BCUT2D eigenvalue weighted by Gasteiger charge is 1.87. The zero-order chi connectivity index (χ0) is 8.65. The molecule has 0 saturated heterocycles. The Morgan fingerprint density at radius 3 is 2.75 bits per heavy atom. The van der Waals surface area contributed by atoms with Crippen molar-refractivity contribution >= 4 is 6.21 Å². The van der Waals surface area contributed by atoms with Gasteiger partial charge in [-0.25, -0.2) is 0 Å². The molecular formula is C10H13NO. The first-order chi connectivity index (χ1) is 5.93. The molecule has 2 heteroatoms. The van der Waals surface area contributed by atoms with Gasteiger partial charge < -0.3 is 4.84 Å². The zero-order valence-electron chi connectivity index (χ0n) is 7.23. The zero-order valence-corrected chi connectivity index (χ0v) is 7.23. The Morgan fingerprint density at radius 2 is 2.08 bits per heavy atom. The minimum Gasteiger partial charge on any atom is -0.391 e. The van der Waals surface area contributed by atoms with Crippen molar-refractivity contribution in [3.8, 4) is 0 Å². The van der Waals surface area contributed by atoms with E-state index >= 15 is 0 Å². The molecule has 64 valence electrons. The first kappa shape index (κ1) is 8.78. The summed E-state index contributed by atoms with van der Waals surface area (Å²) in [6.07, 6.45) is 2.66. The number of hydrogen-bond donors (Lipinski definition) is 0. The van der Waals surface area contributed by atoms with Crippen LogP contribution in [0.3, 0.4) is 0 Å². The van der Waals surface area contributed by atoms with E-state index in [0.717, 1.165) is 12.0 Å². The molecule has 0 bridgehead atoms. The highest BCUT2D eigenvalue weighted by atomic mass is 16.6. The molecule has 0 aliphatic carbocycles. The van der Waals surface area contributed by atoms with Crippen LogP contribution in [-0.2, 0) is 11.4 Å². The SMILES string of the molecule is CCC=NOCc1ccccc1. The molecule has 0 amide bonds. The topological polar surface area (TPSA) is 21.6 Å². The van der Waals surface area contributed by atoms with E-state index in [2.05, 4.69) is 5.16 Å². The molecule has 0 heterocycles. The summed E-state index contributed by atoms with van der Waals surface area (Å²) in [5.41, 5.74) is 1.14. The molecular weight excluding hydrogens is 150 g/mol. The Hall–Kier alpha value is -1.31. The smallest absolute Gasteiger partial charge is 0.142 e. The van der Waals surface area contributed by atoms with Crippen LogP contribution in [0.15, 0.2) is 35.5 Å². The second-order valence-corrected chi connectivity index (χ2v) is 2.46. The normalized spacial score (nSPS) is 10.4. The van der Waals surface area contributed by atoms with Gasteiger partial charge in [0, 0.05) is 6.21 Å². The maximum atomic E-state index is 5.03. The molecule has 1 aromatic carbocycles. The Morgan fingerprint density at radius 1 is 1.33 bits per heavy atom. The minimum absolute atomic E-state index is 0.553. The molecule has 0 spiro atoms. The van der Waals surface area contributed by atoms with Crippen molar-refractivity contribution in [1.82, 2.24) is 0 Å². The van der Waals surface area contributed by atoms with Crippen molar-refractivity contribution in [3.05, 3.63) is 35.9 Å². The lowest BCUT2D eigenvalue weighted by Crippen LogP contribution is -1.85. The molecule has 0 aliphatic heterocycles. The largest absolute Gasteiger partial charge is 0.391 e. The summed E-state index contributed by atoms with van der Waals surface area (Å²) >= 11 is 0. The first-order valence-electron chi connectivity index (χ1n) is 4.11. The van der Waals surface area contributed by atoms with Crippen molar-refractivity contribution in [2.24, 2.45) is 5.16 Å². The minimum atomic E-state index is 0.553. The Bertz CT molecular complexity index is 231. The molecule has 0 aliphatic rings. The number of rotatable bonds is 4. The fourth-order valence-electron chi connectivity index (χ4n) is 0.813. The van der Waals surface area contributed by atoms with Gasteiger partial charge in [0.1, 0.15) is 6.61 Å². The van der Waals surface area contributed by atoms with Crippen LogP contribution < -0.4 is 0 Å². The lowest BCUT2D eigenvalue weighted by atomic mass is 10.2. The third kappa shape index (κ3) is 3.19. The van der Waals surface area contributed by atoms with Crippen LogP contribution >= 0.6 is 0 Å². The number of nitrogens with zero attached hydrogens (tertiary/aromatic N) is 1. The average Bonchev–Trinajstić information content (AvgIpc) is 2.14. The Balaban J connectivity index is 2.29. The van der Waals surface area contributed by atoms with E-state index in [0.29, 0.717) is 6.61 Å². The van der Waals surface area contributed by atoms with Gasteiger partial charge in [0.05, 0.1) is 0 Å². The molecule has 0 fully saturated rings. The molecule has 0 N–H and O–H groups in total. The van der Waals surface area contributed by atoms with Crippen LogP contribution in [0.25, 0.3) is 0 Å². The van der Waals surface area contributed by atoms with Crippen molar-refractivity contribution < 1.29 is 4.84 Å². The fourth-order valence-corrected chi connectivity index (χ4v) is 0.813. The van der Waals surface area contributed by atoms with Crippen LogP contribution in [0.2, 0.25) is 0 Å². The van der Waals surface area contributed by atoms with E-state index in [9.17, 15) is 0 Å². The summed E-state index contributed by atoms with van der Waals surface area (Å²) in [6, 6.07) is 9.99. The summed E-state index contributed by atoms with van der Waals surface area (Å²) < 4.78 is 0. The maximum absolute atomic E-state index is 5.03. The van der Waals surface area contributed by atoms with Crippen LogP contribution in [0.1, 0.15) is 18.9 Å². The van der Waals surface area contributed by atoms with Gasteiger partial charge in [-0.1, -0.05) is 42.4 Å². The summed E-state index contributed by atoms with van der Waals surface area (Å²) in [5.74, 6) is 0. The van der Waals surface area contributed by atoms with Gasteiger partial charge in [-0.2, -0.15) is 0 Å². The van der Waals surface area contributed by atoms with E-state index in [1.807, 2.05) is 37.3 Å². The maximum Gasteiger partial charge on any atom is 0.142 e. The van der Waals surface area contributed by atoms with E-state index in [-0.39, 0.29) is 0 Å². The van der Waals surface area contributed by atoms with Gasteiger partial charge in [0.2, 0.25) is 0 Å². The third-order valence-electron chi connectivity index (χ3n) is 1.41. The monoisotopic (exact) mass is 163 g/mol. The second kappa shape index (κ2) is 5.35. The summed E-state index contributed by atoms with van der Waals surface area (Å²) in [7, 11) is 0. The lowest BCUT2D eigenvalue weighted by molar-refractivity contribution is 0.131. The van der Waals surface area contributed by atoms with Crippen LogP contribution in [0.5, 0.6) is 0 Å². The molecule has 0 unspecified atom stereocenters. The predicted molar refractivity (Wildman–Crippen MR) is 50.0 cm³/mol. The van der Waals surface area contributed by atoms with Crippen LogP contribution in [0, 0.1) is 0 Å². The molecule has 0 atom stereocenters. The summed E-state index contributed by atoms with van der Waals surface area (Å²) in [4.78, 5) is 5.03. The molecule has 0 radical (unpaired) electrons. The number of benzene rings is 1. The molecule has 12 heavy (non-hydrogen) atoms. The molecule has 0 saturated carbocycles. The second-order valence-electron chi connectivity index (χ2n) is 2.46. The number of oxime groups is 1. The lowest BCUT2D eigenvalue weighted by Gasteiger charge is -1.97. The summed E-state index contributed by atoms with van der Waals surface area (Å²) in [6.45, 7) is 2.58. The van der Waals surface area contributed by atoms with E-state index < -0.39 is 0 Å². The van der Waals surface area contributed by atoms with Crippen LogP contribution in [0.4, 0.5) is 0 Å². The van der Waals surface area contributed by atoms with E-state index in [1.54, 1.807) is 6.21 Å². The molecule has 1 aromatic rings. The van der Waals surface area contributed by atoms with Crippen LogP contribution in [-0.4, -0.2) is 6.21 Å². The van der Waals surface area contributed by atoms with Crippen molar-refractivity contribution in [2.75, 3.05) is 0 Å². The molecule has 0 aromatic heterocycles. The van der Waals surface area contributed by atoms with Gasteiger partial charge in [0.25, 0.3) is 0 Å². The quantitative estimate of drug-likeness (QED) is 0.494. The Kier molecular flexibility index (Phi) is 3.92. The standard InChI is InChI=1S/C10H13NO/c1-2-8-11-12-9-10-6-4-3-5-7-10/h3-8H,2,9H2,1H3. The van der Waals surface area contributed by atoms with Gasteiger partial charge in [-0.3, -0.25) is 0 Å². The molecule has 2 nitrogen and oxygen atoms in total. The van der Waals surface area contributed by atoms with Gasteiger partial charge in [0.15, 0.2) is 0 Å². The fraction of sp³-hybridized carbons (Fsp3) is 0.300. The highest BCUT2D eigenvalue weighted by Crippen LogP contribution is 1.99. The number of hydrogen-bond acceptors (Lipinski definition) is 2.